The lowest BCUT2D eigenvalue weighted by atomic mass is 9.74. The molecule has 108 valence electrons. The molecule has 0 aromatic heterocycles. The molecule has 0 saturated heterocycles. The van der Waals surface area contributed by atoms with Crippen molar-refractivity contribution in [2.45, 2.75) is 40.5 Å². The zero-order valence-electron chi connectivity index (χ0n) is 12.4. The lowest BCUT2D eigenvalue weighted by molar-refractivity contribution is 0.208. The molecule has 1 unspecified atom stereocenters. The largest absolute Gasteiger partial charge is 0.316 e. The highest BCUT2D eigenvalue weighted by molar-refractivity contribution is 6.42. The topological polar surface area (TPSA) is 12.0 Å². The molecule has 0 spiro atoms. The van der Waals surface area contributed by atoms with Gasteiger partial charge in [0, 0.05) is 6.54 Å². The molecule has 0 bridgehead atoms. The van der Waals surface area contributed by atoms with Gasteiger partial charge in [0.1, 0.15) is 0 Å². The van der Waals surface area contributed by atoms with Crippen LogP contribution in [0.3, 0.4) is 0 Å². The highest BCUT2D eigenvalue weighted by Gasteiger charge is 2.29. The maximum atomic E-state index is 6.31. The Hall–Kier alpha value is -0.240. The molecule has 0 aliphatic rings. The van der Waals surface area contributed by atoms with Gasteiger partial charge in [-0.2, -0.15) is 0 Å². The van der Waals surface area contributed by atoms with E-state index in [2.05, 4.69) is 39.1 Å². The summed E-state index contributed by atoms with van der Waals surface area (Å²) in [4.78, 5) is 0. The van der Waals surface area contributed by atoms with E-state index in [1.807, 2.05) is 12.1 Å². The van der Waals surface area contributed by atoms with Crippen LogP contribution in [0.25, 0.3) is 0 Å². The Bertz CT molecular complexity index is 404. The van der Waals surface area contributed by atoms with E-state index in [9.17, 15) is 0 Å². The van der Waals surface area contributed by atoms with Crippen molar-refractivity contribution in [2.75, 3.05) is 13.1 Å². The fraction of sp³-hybridized carbons (Fsp3) is 0.625. The van der Waals surface area contributed by atoms with E-state index in [0.717, 1.165) is 31.5 Å². The van der Waals surface area contributed by atoms with E-state index in [0.29, 0.717) is 16.0 Å². The van der Waals surface area contributed by atoms with Gasteiger partial charge in [0.05, 0.1) is 10.0 Å². The van der Waals surface area contributed by atoms with E-state index >= 15 is 0 Å². The number of nitrogens with one attached hydrogen (secondary N) is 1. The van der Waals surface area contributed by atoms with Gasteiger partial charge in [-0.3, -0.25) is 0 Å². The van der Waals surface area contributed by atoms with Crippen LogP contribution in [0, 0.1) is 11.3 Å². The maximum absolute atomic E-state index is 6.31. The summed E-state index contributed by atoms with van der Waals surface area (Å²) in [5, 5.41) is 4.88. The average Bonchev–Trinajstić information content (AvgIpc) is 2.35. The Morgan fingerprint density at radius 2 is 1.95 bits per heavy atom. The molecule has 0 heterocycles. The molecule has 3 heteroatoms. The van der Waals surface area contributed by atoms with Gasteiger partial charge < -0.3 is 5.32 Å². The van der Waals surface area contributed by atoms with Crippen LogP contribution >= 0.6 is 23.2 Å². The summed E-state index contributed by atoms with van der Waals surface area (Å²) in [7, 11) is 0. The number of halogens is 2. The third-order valence-electron chi connectivity index (χ3n) is 3.98. The summed E-state index contributed by atoms with van der Waals surface area (Å²) in [5.74, 6) is 0.576. The number of hydrogen-bond donors (Lipinski definition) is 1. The molecule has 0 fully saturated rings. The molecule has 1 aromatic rings. The minimum atomic E-state index is 0.184. The van der Waals surface area contributed by atoms with Gasteiger partial charge in [-0.05, 0) is 42.3 Å². The van der Waals surface area contributed by atoms with Crippen LogP contribution < -0.4 is 5.32 Å². The molecular weight excluding hydrogens is 277 g/mol. The first-order chi connectivity index (χ1) is 8.90. The second-order valence-electron chi connectivity index (χ2n) is 5.88. The van der Waals surface area contributed by atoms with Crippen molar-refractivity contribution in [3.63, 3.8) is 0 Å². The lowest BCUT2D eigenvalue weighted by Gasteiger charge is -2.35. The predicted molar refractivity (Wildman–Crippen MR) is 86.3 cm³/mol. The monoisotopic (exact) mass is 301 g/mol. The third kappa shape index (κ3) is 4.66. The molecule has 1 atom stereocenters. The number of hydrogen-bond acceptors (Lipinski definition) is 1. The van der Waals surface area contributed by atoms with Crippen molar-refractivity contribution in [1.29, 1.82) is 0 Å². The predicted octanol–water partition coefficient (Wildman–Crippen LogP) is 5.20. The van der Waals surface area contributed by atoms with Gasteiger partial charge in [-0.15, -0.1) is 0 Å². The summed E-state index contributed by atoms with van der Waals surface area (Å²) in [5.41, 5.74) is 1.33. The summed E-state index contributed by atoms with van der Waals surface area (Å²) >= 11 is 12.4. The fourth-order valence-electron chi connectivity index (χ4n) is 2.14. The van der Waals surface area contributed by atoms with E-state index in [1.54, 1.807) is 0 Å². The second kappa shape index (κ2) is 7.52. The van der Waals surface area contributed by atoms with Gasteiger partial charge in [-0.1, -0.05) is 63.0 Å². The van der Waals surface area contributed by atoms with E-state index in [-0.39, 0.29) is 5.41 Å². The summed E-state index contributed by atoms with van der Waals surface area (Å²) in [6, 6.07) is 5.90. The first-order valence-corrected chi connectivity index (χ1v) is 7.80. The van der Waals surface area contributed by atoms with E-state index in [4.69, 9.17) is 23.2 Å². The van der Waals surface area contributed by atoms with Crippen LogP contribution in [0.2, 0.25) is 10.0 Å². The van der Waals surface area contributed by atoms with Gasteiger partial charge >= 0.3 is 0 Å². The van der Waals surface area contributed by atoms with Gasteiger partial charge in [0.25, 0.3) is 0 Å². The Morgan fingerprint density at radius 3 is 2.53 bits per heavy atom. The highest BCUT2D eigenvalue weighted by Crippen LogP contribution is 2.35. The molecular formula is C16H25Cl2N. The van der Waals surface area contributed by atoms with Crippen LogP contribution in [0.4, 0.5) is 0 Å². The molecule has 0 amide bonds. The number of benzene rings is 1. The fourth-order valence-corrected chi connectivity index (χ4v) is 2.53. The summed E-state index contributed by atoms with van der Waals surface area (Å²) in [6.45, 7) is 11.1. The second-order valence-corrected chi connectivity index (χ2v) is 6.66. The molecule has 0 aliphatic heterocycles. The first-order valence-electron chi connectivity index (χ1n) is 7.04. The molecule has 1 rings (SSSR count). The van der Waals surface area contributed by atoms with Crippen molar-refractivity contribution < 1.29 is 0 Å². The third-order valence-corrected chi connectivity index (χ3v) is 4.83. The number of rotatable bonds is 7. The summed E-state index contributed by atoms with van der Waals surface area (Å²) < 4.78 is 0. The minimum Gasteiger partial charge on any atom is -0.316 e. The van der Waals surface area contributed by atoms with Crippen LogP contribution in [0.15, 0.2) is 18.2 Å². The summed E-state index contributed by atoms with van der Waals surface area (Å²) in [6.07, 6.45) is 2.10. The first kappa shape index (κ1) is 16.8. The SMILES string of the molecule is CCCNCC(C)(Cc1cccc(Cl)c1Cl)C(C)C. The standard InChI is InChI=1S/C16H25Cl2N/c1-5-9-19-11-16(4,12(2)3)10-13-7-6-8-14(17)15(13)18/h6-8,12,19H,5,9-11H2,1-4H3. The zero-order valence-corrected chi connectivity index (χ0v) is 13.9. The smallest absolute Gasteiger partial charge is 0.0624 e. The van der Waals surface area contributed by atoms with Gasteiger partial charge in [0.15, 0.2) is 0 Å². The maximum Gasteiger partial charge on any atom is 0.0624 e. The molecule has 0 saturated carbocycles. The van der Waals surface area contributed by atoms with Gasteiger partial charge in [-0.25, -0.2) is 0 Å². The quantitative estimate of drug-likeness (QED) is 0.683. The van der Waals surface area contributed by atoms with Crippen LogP contribution in [0.1, 0.15) is 39.7 Å². The molecule has 1 N–H and O–H groups in total. The molecule has 0 aliphatic carbocycles. The van der Waals surface area contributed by atoms with E-state index < -0.39 is 0 Å². The van der Waals surface area contributed by atoms with Gasteiger partial charge in [0.2, 0.25) is 0 Å². The van der Waals surface area contributed by atoms with Crippen LogP contribution in [-0.4, -0.2) is 13.1 Å². The van der Waals surface area contributed by atoms with Crippen molar-refractivity contribution >= 4 is 23.2 Å². The van der Waals surface area contributed by atoms with Crippen LogP contribution in [0.5, 0.6) is 0 Å². The van der Waals surface area contributed by atoms with Crippen molar-refractivity contribution in [3.05, 3.63) is 33.8 Å². The normalized spacial score (nSPS) is 14.7. The Morgan fingerprint density at radius 1 is 1.26 bits per heavy atom. The van der Waals surface area contributed by atoms with Crippen molar-refractivity contribution in [3.8, 4) is 0 Å². The van der Waals surface area contributed by atoms with Crippen molar-refractivity contribution in [2.24, 2.45) is 11.3 Å². The highest BCUT2D eigenvalue weighted by atomic mass is 35.5. The molecule has 1 aromatic carbocycles. The zero-order chi connectivity index (χ0) is 14.5. The average molecular weight is 302 g/mol. The molecule has 19 heavy (non-hydrogen) atoms. The molecule has 1 nitrogen and oxygen atoms in total. The Kier molecular flexibility index (Phi) is 6.65. The van der Waals surface area contributed by atoms with E-state index in [1.165, 1.54) is 0 Å². The Balaban J connectivity index is 2.85. The van der Waals surface area contributed by atoms with Crippen molar-refractivity contribution in [1.82, 2.24) is 5.32 Å². The lowest BCUT2D eigenvalue weighted by Crippen LogP contribution is -2.38. The molecule has 0 radical (unpaired) electrons. The Labute approximate surface area is 127 Å². The minimum absolute atomic E-state index is 0.184. The van der Waals surface area contributed by atoms with Crippen LogP contribution in [-0.2, 0) is 6.42 Å².